The van der Waals surface area contributed by atoms with Crippen molar-refractivity contribution < 1.29 is 14.4 Å². The molecule has 0 saturated heterocycles. The van der Waals surface area contributed by atoms with Crippen LogP contribution in [0.1, 0.15) is 63.9 Å². The SMILES string of the molecule is O=C(NNC(=O)c1cc2c(s1)CCCCCC2)C1=NO[C@@H](c2ccccc2)C1. The number of nitrogens with one attached hydrogen (secondary N) is 2. The number of thiophene rings is 1. The number of fused-ring (bicyclic) bond motifs is 1. The predicted octanol–water partition coefficient (Wildman–Crippen LogP) is 3.69. The number of benzene rings is 1. The van der Waals surface area contributed by atoms with E-state index in [2.05, 4.69) is 16.0 Å². The Morgan fingerprint density at radius 2 is 1.75 bits per heavy atom. The molecule has 2 heterocycles. The van der Waals surface area contributed by atoms with Crippen LogP contribution in [0.5, 0.6) is 0 Å². The van der Waals surface area contributed by atoms with Crippen molar-refractivity contribution in [2.45, 2.75) is 51.0 Å². The number of nitrogens with zero attached hydrogens (tertiary/aromatic N) is 1. The number of hydrazine groups is 1. The zero-order valence-electron chi connectivity index (χ0n) is 15.6. The highest BCUT2D eigenvalue weighted by atomic mass is 32.1. The van der Waals surface area contributed by atoms with E-state index in [-0.39, 0.29) is 17.7 Å². The fraction of sp³-hybridized carbons (Fsp3) is 0.381. The molecule has 0 saturated carbocycles. The van der Waals surface area contributed by atoms with Gasteiger partial charge in [0.05, 0.1) is 4.88 Å². The Labute approximate surface area is 167 Å². The number of oxime groups is 1. The molecule has 28 heavy (non-hydrogen) atoms. The third kappa shape index (κ3) is 4.25. The van der Waals surface area contributed by atoms with Gasteiger partial charge >= 0.3 is 0 Å². The van der Waals surface area contributed by atoms with Crippen LogP contribution < -0.4 is 10.9 Å². The second kappa shape index (κ2) is 8.56. The van der Waals surface area contributed by atoms with Crippen LogP contribution in [0.3, 0.4) is 0 Å². The molecule has 2 aromatic rings. The summed E-state index contributed by atoms with van der Waals surface area (Å²) in [4.78, 5) is 32.1. The molecule has 1 aromatic heterocycles. The third-order valence-corrected chi connectivity index (χ3v) is 6.35. The second-order valence-corrected chi connectivity index (χ2v) is 8.27. The molecule has 1 aromatic carbocycles. The summed E-state index contributed by atoms with van der Waals surface area (Å²) < 4.78 is 0. The average molecular weight is 398 g/mol. The van der Waals surface area contributed by atoms with Crippen molar-refractivity contribution >= 4 is 28.9 Å². The molecule has 2 aliphatic rings. The summed E-state index contributed by atoms with van der Waals surface area (Å²) in [5, 5.41) is 3.87. The number of hydrogen-bond donors (Lipinski definition) is 2. The van der Waals surface area contributed by atoms with E-state index in [0.29, 0.717) is 11.3 Å². The standard InChI is InChI=1S/C21H23N3O3S/c25-20(16-13-17(27-24-16)14-8-5-3-6-9-14)22-23-21(26)19-12-15-10-4-1-2-7-11-18(15)28-19/h3,5-6,8-9,12,17H,1-2,4,7,10-11,13H2,(H,22,25)(H,23,26)/t17-/m1/s1. The number of carbonyl (C=O) groups is 2. The van der Waals surface area contributed by atoms with Gasteiger partial charge in [-0.1, -0.05) is 48.3 Å². The minimum atomic E-state index is -0.443. The fourth-order valence-electron chi connectivity index (χ4n) is 3.56. The van der Waals surface area contributed by atoms with Crippen LogP contribution in [0.15, 0.2) is 41.6 Å². The lowest BCUT2D eigenvalue weighted by Gasteiger charge is -2.08. The molecule has 0 fully saturated rings. The van der Waals surface area contributed by atoms with Crippen LogP contribution in [0, 0.1) is 0 Å². The maximum absolute atomic E-state index is 12.5. The highest BCUT2D eigenvalue weighted by Gasteiger charge is 2.27. The molecule has 1 aliphatic carbocycles. The molecule has 1 atom stereocenters. The lowest BCUT2D eigenvalue weighted by Crippen LogP contribution is -2.44. The Morgan fingerprint density at radius 3 is 2.57 bits per heavy atom. The largest absolute Gasteiger partial charge is 0.387 e. The summed E-state index contributed by atoms with van der Waals surface area (Å²) in [6.45, 7) is 0. The maximum Gasteiger partial charge on any atom is 0.287 e. The Morgan fingerprint density at radius 1 is 1.00 bits per heavy atom. The lowest BCUT2D eigenvalue weighted by atomic mass is 10.00. The minimum absolute atomic E-state index is 0.269. The molecule has 7 heteroatoms. The van der Waals surface area contributed by atoms with Gasteiger partial charge in [0.2, 0.25) is 0 Å². The van der Waals surface area contributed by atoms with Gasteiger partial charge in [0, 0.05) is 11.3 Å². The number of aryl methyl sites for hydroxylation is 2. The highest BCUT2D eigenvalue weighted by Crippen LogP contribution is 2.29. The van der Waals surface area contributed by atoms with Crippen molar-refractivity contribution in [3.63, 3.8) is 0 Å². The monoisotopic (exact) mass is 397 g/mol. The molecule has 0 unspecified atom stereocenters. The third-order valence-electron chi connectivity index (χ3n) is 5.11. The Kier molecular flexibility index (Phi) is 5.71. The van der Waals surface area contributed by atoms with Crippen molar-refractivity contribution in [3.8, 4) is 0 Å². The molecule has 1 aliphatic heterocycles. The van der Waals surface area contributed by atoms with Crippen molar-refractivity contribution in [2.24, 2.45) is 5.16 Å². The van der Waals surface area contributed by atoms with Gasteiger partial charge in [-0.05, 0) is 42.9 Å². The Bertz CT molecular complexity index is 866. The van der Waals surface area contributed by atoms with Gasteiger partial charge in [-0.25, -0.2) is 0 Å². The average Bonchev–Trinajstić information content (AvgIpc) is 3.34. The molecule has 0 bridgehead atoms. The number of amides is 2. The van der Waals surface area contributed by atoms with E-state index in [1.54, 1.807) is 0 Å². The first kappa shape index (κ1) is 18.7. The molecule has 6 nitrogen and oxygen atoms in total. The molecular formula is C21H23N3O3S. The molecule has 146 valence electrons. The van der Waals surface area contributed by atoms with Crippen LogP contribution in [-0.2, 0) is 22.5 Å². The van der Waals surface area contributed by atoms with Crippen molar-refractivity contribution in [1.82, 2.24) is 10.9 Å². The highest BCUT2D eigenvalue weighted by molar-refractivity contribution is 7.14. The molecular weight excluding hydrogens is 374 g/mol. The lowest BCUT2D eigenvalue weighted by molar-refractivity contribution is -0.115. The van der Waals surface area contributed by atoms with E-state index < -0.39 is 5.91 Å². The smallest absolute Gasteiger partial charge is 0.287 e. The zero-order chi connectivity index (χ0) is 19.3. The minimum Gasteiger partial charge on any atom is -0.387 e. The summed E-state index contributed by atoms with van der Waals surface area (Å²) in [7, 11) is 0. The number of hydrogen-bond acceptors (Lipinski definition) is 5. The number of rotatable bonds is 3. The Hall–Kier alpha value is -2.67. The van der Waals surface area contributed by atoms with Gasteiger partial charge in [0.25, 0.3) is 11.8 Å². The van der Waals surface area contributed by atoms with Gasteiger partial charge < -0.3 is 4.84 Å². The first-order valence-electron chi connectivity index (χ1n) is 9.70. The summed E-state index contributed by atoms with van der Waals surface area (Å²) in [5.41, 5.74) is 7.48. The fourth-order valence-corrected chi connectivity index (χ4v) is 4.71. The van der Waals surface area contributed by atoms with Crippen molar-refractivity contribution in [2.75, 3.05) is 0 Å². The van der Waals surface area contributed by atoms with Gasteiger partial charge in [0.1, 0.15) is 0 Å². The summed E-state index contributed by atoms with van der Waals surface area (Å²) in [6.07, 6.45) is 7.02. The first-order chi connectivity index (χ1) is 13.7. The van der Waals surface area contributed by atoms with E-state index in [4.69, 9.17) is 4.84 Å². The van der Waals surface area contributed by atoms with Gasteiger partial charge in [-0.15, -0.1) is 11.3 Å². The summed E-state index contributed by atoms with van der Waals surface area (Å²) in [6, 6.07) is 11.6. The normalized spacial score (nSPS) is 18.9. The van der Waals surface area contributed by atoms with Crippen LogP contribution in [0.4, 0.5) is 0 Å². The van der Waals surface area contributed by atoms with Crippen molar-refractivity contribution in [3.05, 3.63) is 57.3 Å². The first-order valence-corrected chi connectivity index (χ1v) is 10.5. The maximum atomic E-state index is 12.5. The summed E-state index contributed by atoms with van der Waals surface area (Å²) >= 11 is 1.53. The van der Waals surface area contributed by atoms with E-state index in [0.717, 1.165) is 18.4 Å². The predicted molar refractivity (Wildman–Crippen MR) is 108 cm³/mol. The van der Waals surface area contributed by atoms with Crippen molar-refractivity contribution in [1.29, 1.82) is 0 Å². The van der Waals surface area contributed by atoms with Crippen LogP contribution >= 0.6 is 11.3 Å². The molecule has 4 rings (SSSR count). The van der Waals surface area contributed by atoms with Crippen LogP contribution in [-0.4, -0.2) is 17.5 Å². The molecule has 0 radical (unpaired) electrons. The van der Waals surface area contributed by atoms with E-state index in [1.807, 2.05) is 36.4 Å². The zero-order valence-corrected chi connectivity index (χ0v) is 16.4. The van der Waals surface area contributed by atoms with Gasteiger partial charge in [-0.3, -0.25) is 20.4 Å². The Balaban J connectivity index is 1.31. The summed E-state index contributed by atoms with van der Waals surface area (Å²) in [5.74, 6) is -0.731. The molecule has 2 amide bonds. The van der Waals surface area contributed by atoms with E-state index >= 15 is 0 Å². The van der Waals surface area contributed by atoms with E-state index in [9.17, 15) is 9.59 Å². The number of carbonyl (C=O) groups excluding carboxylic acids is 2. The van der Waals surface area contributed by atoms with Crippen LogP contribution in [0.25, 0.3) is 0 Å². The quantitative estimate of drug-likeness (QED) is 0.776. The molecule has 0 spiro atoms. The van der Waals surface area contributed by atoms with Gasteiger partial charge in [0.15, 0.2) is 11.8 Å². The van der Waals surface area contributed by atoms with E-state index in [1.165, 1.54) is 47.5 Å². The topological polar surface area (TPSA) is 79.8 Å². The van der Waals surface area contributed by atoms with Gasteiger partial charge in [-0.2, -0.15) is 0 Å². The molecule has 2 N–H and O–H groups in total. The second-order valence-electron chi connectivity index (χ2n) is 7.13. The van der Waals surface area contributed by atoms with Crippen LogP contribution in [0.2, 0.25) is 0 Å².